The van der Waals surface area contributed by atoms with E-state index in [4.69, 9.17) is 0 Å². The zero-order chi connectivity index (χ0) is 24.6. The van der Waals surface area contributed by atoms with Crippen molar-refractivity contribution in [2.75, 3.05) is 0 Å². The molecule has 1 heterocycles. The van der Waals surface area contributed by atoms with Crippen LogP contribution in [0.15, 0.2) is 62.2 Å². The second-order valence-corrected chi connectivity index (χ2v) is 12.9. The van der Waals surface area contributed by atoms with Crippen molar-refractivity contribution < 1.29 is 0 Å². The van der Waals surface area contributed by atoms with E-state index in [-0.39, 0.29) is 6.71 Å². The number of rotatable bonds is 3. The van der Waals surface area contributed by atoms with Crippen molar-refractivity contribution in [3.63, 3.8) is 0 Å². The Labute approximate surface area is 225 Å². The average Bonchev–Trinajstić information content (AvgIpc) is 3.07. The number of hydrogen-bond acceptors (Lipinski definition) is 1. The molecule has 0 fully saturated rings. The Balaban J connectivity index is 1.83. The molecule has 170 valence electrons. The Morgan fingerprint density at radius 3 is 1.53 bits per heavy atom. The monoisotopic (exact) mass is 588 g/mol. The summed E-state index contributed by atoms with van der Waals surface area (Å²) in [5, 5.41) is 0. The number of hydrogen-bond donors (Lipinski definition) is 0. The van der Waals surface area contributed by atoms with Crippen LogP contribution in [0.25, 0.3) is 0 Å². The molecule has 0 N–H and O–H groups in total. The minimum absolute atomic E-state index is 0.185. The summed E-state index contributed by atoms with van der Waals surface area (Å²) in [7, 11) is 0. The third-order valence-electron chi connectivity index (χ3n) is 6.30. The molecule has 34 heavy (non-hydrogen) atoms. The Morgan fingerprint density at radius 1 is 0.647 bits per heavy atom. The van der Waals surface area contributed by atoms with Crippen molar-refractivity contribution >= 4 is 66.3 Å². The number of aryl methyl sites for hydroxylation is 6. The molecule has 3 aromatic carbocycles. The number of halogens is 2. The van der Waals surface area contributed by atoms with Gasteiger partial charge < -0.3 is 0 Å². The van der Waals surface area contributed by atoms with Crippen LogP contribution >= 0.6 is 43.2 Å². The molecule has 0 unspecified atom stereocenters. The van der Waals surface area contributed by atoms with Gasteiger partial charge in [0.1, 0.15) is 0 Å². The van der Waals surface area contributed by atoms with Gasteiger partial charge in [-0.1, -0.05) is 98.0 Å². The highest BCUT2D eigenvalue weighted by molar-refractivity contribution is 9.12. The molecule has 0 radical (unpaired) electrons. The second kappa shape index (κ2) is 10.3. The van der Waals surface area contributed by atoms with Crippen LogP contribution in [0.4, 0.5) is 0 Å². The summed E-state index contributed by atoms with van der Waals surface area (Å²) in [6.07, 6.45) is 0. The summed E-state index contributed by atoms with van der Waals surface area (Å²) in [6, 6.07) is 20.1. The van der Waals surface area contributed by atoms with Crippen LogP contribution < -0.4 is 16.4 Å². The smallest absolute Gasteiger partial charge is 0.120 e. The highest BCUT2D eigenvalue weighted by atomic mass is 79.9. The Kier molecular flexibility index (Phi) is 7.58. The van der Waals surface area contributed by atoms with E-state index in [1.54, 1.807) is 11.3 Å². The molecule has 4 heteroatoms. The van der Waals surface area contributed by atoms with Gasteiger partial charge in [0.2, 0.25) is 6.71 Å². The van der Waals surface area contributed by atoms with Gasteiger partial charge in [-0.25, -0.2) is 0 Å². The van der Waals surface area contributed by atoms with Crippen molar-refractivity contribution in [2.45, 2.75) is 41.5 Å². The van der Waals surface area contributed by atoms with Crippen molar-refractivity contribution in [1.82, 2.24) is 0 Å². The lowest BCUT2D eigenvalue weighted by Gasteiger charge is -2.24. The zero-order valence-corrected chi connectivity index (χ0v) is 24.4. The highest BCUT2D eigenvalue weighted by Crippen LogP contribution is 2.31. The van der Waals surface area contributed by atoms with Crippen LogP contribution in [0.2, 0.25) is 0 Å². The SMILES string of the molecule is Cc1cc(C)c(B(c2ccc(C#Cc3cc(Br)sc3Br)cc2)c2c(C)cc(C)cc2C)c(C)c1. The molecule has 0 saturated heterocycles. The molecular formula is C30H27BBr2S. The minimum atomic E-state index is 0.185. The lowest BCUT2D eigenvalue weighted by Crippen LogP contribution is -2.55. The van der Waals surface area contributed by atoms with Gasteiger partial charge in [-0.15, -0.1) is 11.3 Å². The molecule has 0 saturated carbocycles. The molecule has 0 aliphatic heterocycles. The number of thiophene rings is 1. The van der Waals surface area contributed by atoms with Gasteiger partial charge in [0.05, 0.1) is 13.1 Å². The summed E-state index contributed by atoms with van der Waals surface area (Å²) in [4.78, 5) is 0. The largest absolute Gasteiger partial charge is 0.242 e. The first-order valence-electron chi connectivity index (χ1n) is 11.4. The van der Waals surface area contributed by atoms with E-state index in [2.05, 4.69) is 140 Å². The predicted molar refractivity (Wildman–Crippen MR) is 158 cm³/mol. The molecule has 0 nitrogen and oxygen atoms in total. The maximum atomic E-state index is 3.60. The van der Waals surface area contributed by atoms with Crippen LogP contribution in [-0.2, 0) is 0 Å². The van der Waals surface area contributed by atoms with Crippen LogP contribution in [0.5, 0.6) is 0 Å². The fourth-order valence-corrected chi connectivity index (χ4v) is 7.77. The Hall–Kier alpha value is -2.06. The average molecular weight is 590 g/mol. The van der Waals surface area contributed by atoms with E-state index in [0.717, 1.165) is 18.7 Å². The van der Waals surface area contributed by atoms with Crippen molar-refractivity contribution in [2.24, 2.45) is 0 Å². The summed E-state index contributed by atoms with van der Waals surface area (Å²) in [5.41, 5.74) is 14.2. The van der Waals surface area contributed by atoms with Crippen molar-refractivity contribution in [1.29, 1.82) is 0 Å². The van der Waals surface area contributed by atoms with Gasteiger partial charge in [-0.3, -0.25) is 0 Å². The summed E-state index contributed by atoms with van der Waals surface area (Å²) >= 11 is 8.77. The van der Waals surface area contributed by atoms with E-state index in [0.29, 0.717) is 0 Å². The van der Waals surface area contributed by atoms with Crippen molar-refractivity contribution in [3.8, 4) is 11.8 Å². The van der Waals surface area contributed by atoms with Gasteiger partial charge >= 0.3 is 0 Å². The molecule has 0 atom stereocenters. The first kappa shape index (κ1) is 25.1. The van der Waals surface area contributed by atoms with E-state index >= 15 is 0 Å². The van der Waals surface area contributed by atoms with E-state index in [9.17, 15) is 0 Å². The predicted octanol–water partition coefficient (Wildman–Crippen LogP) is 7.04. The fourth-order valence-electron chi connectivity index (χ4n) is 5.09. The lowest BCUT2D eigenvalue weighted by atomic mass is 9.34. The quantitative estimate of drug-likeness (QED) is 0.178. The van der Waals surface area contributed by atoms with Crippen LogP contribution in [0.1, 0.15) is 44.5 Å². The Bertz CT molecular complexity index is 1330. The maximum Gasteiger partial charge on any atom is 0.242 e. The summed E-state index contributed by atoms with van der Waals surface area (Å²) in [5.74, 6) is 6.62. The molecule has 0 amide bonds. The molecule has 4 rings (SSSR count). The van der Waals surface area contributed by atoms with Crippen molar-refractivity contribution in [3.05, 3.63) is 107 Å². The van der Waals surface area contributed by atoms with Gasteiger partial charge in [0.25, 0.3) is 0 Å². The fraction of sp³-hybridized carbons (Fsp3) is 0.200. The van der Waals surface area contributed by atoms with Crippen LogP contribution in [0.3, 0.4) is 0 Å². The van der Waals surface area contributed by atoms with Crippen LogP contribution in [-0.4, -0.2) is 6.71 Å². The topological polar surface area (TPSA) is 0 Å². The molecular weight excluding hydrogens is 563 g/mol. The first-order valence-corrected chi connectivity index (χ1v) is 13.8. The second-order valence-electron chi connectivity index (χ2n) is 9.17. The van der Waals surface area contributed by atoms with Gasteiger partial charge in [-0.2, -0.15) is 0 Å². The molecule has 0 aliphatic carbocycles. The minimum Gasteiger partial charge on any atom is -0.120 e. The normalized spacial score (nSPS) is 10.7. The summed E-state index contributed by atoms with van der Waals surface area (Å²) in [6.45, 7) is 13.5. The van der Waals surface area contributed by atoms with E-state index in [1.807, 2.05) is 0 Å². The lowest BCUT2D eigenvalue weighted by molar-refractivity contribution is 1.34. The molecule has 1 aromatic heterocycles. The molecule has 0 bridgehead atoms. The first-order chi connectivity index (χ1) is 16.1. The third-order valence-corrected chi connectivity index (χ3v) is 8.63. The molecule has 4 aromatic rings. The van der Waals surface area contributed by atoms with Crippen LogP contribution in [0, 0.1) is 53.4 Å². The van der Waals surface area contributed by atoms with Gasteiger partial charge in [0.15, 0.2) is 0 Å². The zero-order valence-electron chi connectivity index (χ0n) is 20.4. The molecule has 0 spiro atoms. The number of benzene rings is 3. The summed E-state index contributed by atoms with van der Waals surface area (Å²) < 4.78 is 2.13. The van der Waals surface area contributed by atoms with E-state index < -0.39 is 0 Å². The third kappa shape index (κ3) is 5.28. The maximum absolute atomic E-state index is 3.60. The standard InChI is InChI=1S/C30H27BBr2S/c1-18-13-20(3)28(21(4)14-18)31(29-22(5)15-19(2)16-23(29)6)26-11-8-24(9-12-26)7-10-25-17-27(32)34-30(25)33/h8-9,11-17H,1-6H3. The van der Waals surface area contributed by atoms with Gasteiger partial charge in [0, 0.05) is 5.56 Å². The Morgan fingerprint density at radius 2 is 1.12 bits per heavy atom. The highest BCUT2D eigenvalue weighted by Gasteiger charge is 2.28. The van der Waals surface area contributed by atoms with Gasteiger partial charge in [-0.05, 0) is 91.6 Å². The van der Waals surface area contributed by atoms with E-state index in [1.165, 1.54) is 49.8 Å². The molecule has 0 aliphatic rings.